The van der Waals surface area contributed by atoms with Crippen LogP contribution in [0.15, 0.2) is 0 Å². The molecule has 2 atom stereocenters. The van der Waals surface area contributed by atoms with Gasteiger partial charge in [-0.25, -0.2) is 0 Å². The monoisotopic (exact) mass is 184 g/mol. The normalized spacial score (nSPS) is 28.0. The van der Waals surface area contributed by atoms with Crippen molar-refractivity contribution in [2.45, 2.75) is 52.6 Å². The van der Waals surface area contributed by atoms with E-state index in [1.165, 1.54) is 12.8 Å². The second kappa shape index (κ2) is 4.64. The molecule has 0 aromatic rings. The van der Waals surface area contributed by atoms with Gasteiger partial charge >= 0.3 is 5.97 Å². The number of esters is 1. The molecule has 0 amide bonds. The van der Waals surface area contributed by atoms with E-state index in [1.54, 1.807) is 0 Å². The Bertz CT molecular complexity index is 175. The lowest BCUT2D eigenvalue weighted by atomic mass is 10.0. The SMILES string of the molecule is CCC1CCCC1OC(=O)C(C)C. The summed E-state index contributed by atoms with van der Waals surface area (Å²) in [7, 11) is 0. The fourth-order valence-electron chi connectivity index (χ4n) is 1.91. The van der Waals surface area contributed by atoms with E-state index in [4.69, 9.17) is 4.74 Å². The molecule has 0 N–H and O–H groups in total. The maximum Gasteiger partial charge on any atom is 0.308 e. The van der Waals surface area contributed by atoms with Gasteiger partial charge in [-0.2, -0.15) is 0 Å². The maximum atomic E-state index is 11.3. The Kier molecular flexibility index (Phi) is 3.76. The summed E-state index contributed by atoms with van der Waals surface area (Å²) in [6.45, 7) is 5.95. The number of ether oxygens (including phenoxy) is 1. The van der Waals surface area contributed by atoms with Crippen molar-refractivity contribution in [1.82, 2.24) is 0 Å². The van der Waals surface area contributed by atoms with Crippen LogP contribution in [0.2, 0.25) is 0 Å². The third-order valence-corrected chi connectivity index (χ3v) is 2.85. The van der Waals surface area contributed by atoms with E-state index >= 15 is 0 Å². The Morgan fingerprint density at radius 2 is 2.15 bits per heavy atom. The number of rotatable bonds is 3. The highest BCUT2D eigenvalue weighted by Crippen LogP contribution is 2.30. The summed E-state index contributed by atoms with van der Waals surface area (Å²) < 4.78 is 5.44. The molecule has 0 radical (unpaired) electrons. The summed E-state index contributed by atoms with van der Waals surface area (Å²) in [5.74, 6) is 0.589. The molecule has 0 heterocycles. The lowest BCUT2D eigenvalue weighted by Gasteiger charge is -2.19. The summed E-state index contributed by atoms with van der Waals surface area (Å²) in [4.78, 5) is 11.3. The van der Waals surface area contributed by atoms with Crippen LogP contribution >= 0.6 is 0 Å². The first-order valence-corrected chi connectivity index (χ1v) is 5.35. The first-order chi connectivity index (χ1) is 6.15. The van der Waals surface area contributed by atoms with Crippen molar-refractivity contribution >= 4 is 5.97 Å². The van der Waals surface area contributed by atoms with Crippen LogP contribution in [0.4, 0.5) is 0 Å². The molecule has 0 spiro atoms. The standard InChI is InChI=1S/C11H20O2/c1-4-9-6-5-7-10(9)13-11(12)8(2)3/h8-10H,4-7H2,1-3H3. The smallest absolute Gasteiger partial charge is 0.308 e. The van der Waals surface area contributed by atoms with Crippen molar-refractivity contribution < 1.29 is 9.53 Å². The first kappa shape index (κ1) is 10.6. The van der Waals surface area contributed by atoms with Gasteiger partial charge in [0.05, 0.1) is 5.92 Å². The third kappa shape index (κ3) is 2.71. The molecule has 0 bridgehead atoms. The molecule has 0 aromatic heterocycles. The van der Waals surface area contributed by atoms with Gasteiger partial charge in [-0.15, -0.1) is 0 Å². The topological polar surface area (TPSA) is 26.3 Å². The van der Waals surface area contributed by atoms with E-state index in [9.17, 15) is 4.79 Å². The van der Waals surface area contributed by atoms with Gasteiger partial charge in [-0.3, -0.25) is 4.79 Å². The molecule has 2 unspecified atom stereocenters. The maximum absolute atomic E-state index is 11.3. The van der Waals surface area contributed by atoms with Crippen molar-refractivity contribution in [1.29, 1.82) is 0 Å². The van der Waals surface area contributed by atoms with Crippen LogP contribution in [-0.4, -0.2) is 12.1 Å². The predicted octanol–water partition coefficient (Wildman–Crippen LogP) is 2.76. The van der Waals surface area contributed by atoms with E-state index in [2.05, 4.69) is 6.92 Å². The number of hydrogen-bond donors (Lipinski definition) is 0. The minimum Gasteiger partial charge on any atom is -0.462 e. The Morgan fingerprint density at radius 3 is 2.69 bits per heavy atom. The van der Waals surface area contributed by atoms with E-state index in [0.717, 1.165) is 12.8 Å². The molecule has 1 aliphatic rings. The lowest BCUT2D eigenvalue weighted by Crippen LogP contribution is -2.24. The second-order valence-electron chi connectivity index (χ2n) is 4.23. The second-order valence-corrected chi connectivity index (χ2v) is 4.23. The number of carbonyl (C=O) groups is 1. The molecule has 1 aliphatic carbocycles. The highest BCUT2D eigenvalue weighted by atomic mass is 16.5. The van der Waals surface area contributed by atoms with Gasteiger partial charge < -0.3 is 4.74 Å². The summed E-state index contributed by atoms with van der Waals surface area (Å²) in [5, 5.41) is 0. The van der Waals surface area contributed by atoms with Crippen molar-refractivity contribution in [2.75, 3.05) is 0 Å². The Balaban J connectivity index is 2.39. The molecule has 76 valence electrons. The summed E-state index contributed by atoms with van der Waals surface area (Å²) in [5.41, 5.74) is 0. The zero-order valence-corrected chi connectivity index (χ0v) is 8.88. The molecule has 1 saturated carbocycles. The zero-order chi connectivity index (χ0) is 9.84. The minimum absolute atomic E-state index is 0.0121. The molecule has 0 saturated heterocycles. The number of hydrogen-bond acceptors (Lipinski definition) is 2. The highest BCUT2D eigenvalue weighted by Gasteiger charge is 2.29. The van der Waals surface area contributed by atoms with Crippen LogP contribution in [0.1, 0.15) is 46.5 Å². The van der Waals surface area contributed by atoms with E-state index in [1.807, 2.05) is 13.8 Å². The quantitative estimate of drug-likeness (QED) is 0.630. The van der Waals surface area contributed by atoms with Crippen molar-refractivity contribution in [2.24, 2.45) is 11.8 Å². The zero-order valence-electron chi connectivity index (χ0n) is 8.88. The highest BCUT2D eigenvalue weighted by molar-refractivity contribution is 5.71. The van der Waals surface area contributed by atoms with Crippen LogP contribution in [-0.2, 0) is 9.53 Å². The van der Waals surface area contributed by atoms with Gasteiger partial charge in [-0.05, 0) is 31.6 Å². The van der Waals surface area contributed by atoms with Crippen molar-refractivity contribution in [3.63, 3.8) is 0 Å². The van der Waals surface area contributed by atoms with Crippen molar-refractivity contribution in [3.05, 3.63) is 0 Å². The van der Waals surface area contributed by atoms with Gasteiger partial charge in [0.1, 0.15) is 6.10 Å². The average Bonchev–Trinajstić information content (AvgIpc) is 2.51. The van der Waals surface area contributed by atoms with Gasteiger partial charge in [-0.1, -0.05) is 20.8 Å². The van der Waals surface area contributed by atoms with Crippen LogP contribution in [0.3, 0.4) is 0 Å². The fraction of sp³-hybridized carbons (Fsp3) is 0.909. The molecular weight excluding hydrogens is 164 g/mol. The van der Waals surface area contributed by atoms with Gasteiger partial charge in [0, 0.05) is 0 Å². The average molecular weight is 184 g/mol. The number of carbonyl (C=O) groups excluding carboxylic acids is 1. The van der Waals surface area contributed by atoms with E-state index in [-0.39, 0.29) is 18.0 Å². The molecule has 2 heteroatoms. The van der Waals surface area contributed by atoms with Gasteiger partial charge in [0.2, 0.25) is 0 Å². The fourth-order valence-corrected chi connectivity index (χ4v) is 1.91. The molecule has 1 fully saturated rings. The van der Waals surface area contributed by atoms with E-state index in [0.29, 0.717) is 5.92 Å². The molecule has 2 nitrogen and oxygen atoms in total. The van der Waals surface area contributed by atoms with E-state index < -0.39 is 0 Å². The van der Waals surface area contributed by atoms with Crippen LogP contribution < -0.4 is 0 Å². The third-order valence-electron chi connectivity index (χ3n) is 2.85. The minimum atomic E-state index is -0.0367. The van der Waals surface area contributed by atoms with Crippen LogP contribution in [0.5, 0.6) is 0 Å². The Morgan fingerprint density at radius 1 is 1.46 bits per heavy atom. The summed E-state index contributed by atoms with van der Waals surface area (Å²) in [6, 6.07) is 0. The molecule has 1 rings (SSSR count). The van der Waals surface area contributed by atoms with Gasteiger partial charge in [0.15, 0.2) is 0 Å². The molecule has 0 aromatic carbocycles. The molecule has 0 aliphatic heterocycles. The summed E-state index contributed by atoms with van der Waals surface area (Å²) in [6.07, 6.45) is 4.86. The Labute approximate surface area is 80.7 Å². The largest absolute Gasteiger partial charge is 0.462 e. The summed E-state index contributed by atoms with van der Waals surface area (Å²) >= 11 is 0. The Hall–Kier alpha value is -0.530. The first-order valence-electron chi connectivity index (χ1n) is 5.35. The predicted molar refractivity (Wildman–Crippen MR) is 52.4 cm³/mol. The lowest BCUT2D eigenvalue weighted by molar-refractivity contribution is -0.154. The molecule has 13 heavy (non-hydrogen) atoms. The van der Waals surface area contributed by atoms with Gasteiger partial charge in [0.25, 0.3) is 0 Å². The van der Waals surface area contributed by atoms with Crippen LogP contribution in [0, 0.1) is 11.8 Å². The van der Waals surface area contributed by atoms with Crippen molar-refractivity contribution in [3.8, 4) is 0 Å². The van der Waals surface area contributed by atoms with Crippen LogP contribution in [0.25, 0.3) is 0 Å². The molecular formula is C11H20O2.